The quantitative estimate of drug-likeness (QED) is 0.840. The number of aromatic hydroxyl groups is 1. The molecule has 1 fully saturated rings. The number of aryl methyl sites for hydroxylation is 1. The molecule has 1 N–H and O–H groups in total. The molecule has 3 atom stereocenters. The number of hydrogen-bond acceptors (Lipinski definition) is 2. The van der Waals surface area contributed by atoms with E-state index in [0.717, 1.165) is 36.0 Å². The molecule has 94 valence electrons. The third-order valence-electron chi connectivity index (χ3n) is 3.89. The fraction of sp³-hybridized carbons (Fsp3) is 0.600. The average molecular weight is 234 g/mol. The third-order valence-corrected chi connectivity index (χ3v) is 3.89. The van der Waals surface area contributed by atoms with Crippen molar-refractivity contribution in [3.63, 3.8) is 0 Å². The normalized spacial score (nSPS) is 29.0. The fourth-order valence-corrected chi connectivity index (χ4v) is 2.59. The van der Waals surface area contributed by atoms with E-state index in [1.54, 1.807) is 12.1 Å². The van der Waals surface area contributed by atoms with Gasteiger partial charge in [0, 0.05) is 6.07 Å². The Hall–Kier alpha value is -1.18. The second kappa shape index (κ2) is 4.99. The second-order valence-corrected chi connectivity index (χ2v) is 5.51. The summed E-state index contributed by atoms with van der Waals surface area (Å²) in [6.07, 6.45) is 3.79. The maximum atomic E-state index is 9.54. The zero-order valence-corrected chi connectivity index (χ0v) is 10.9. The first-order valence-corrected chi connectivity index (χ1v) is 6.52. The van der Waals surface area contributed by atoms with Gasteiger partial charge < -0.3 is 9.84 Å². The molecule has 2 nitrogen and oxygen atoms in total. The van der Waals surface area contributed by atoms with E-state index < -0.39 is 0 Å². The Bertz CT molecular complexity index is 366. The van der Waals surface area contributed by atoms with Gasteiger partial charge in [-0.25, -0.2) is 0 Å². The van der Waals surface area contributed by atoms with Crippen molar-refractivity contribution >= 4 is 0 Å². The van der Waals surface area contributed by atoms with E-state index in [1.807, 2.05) is 13.0 Å². The monoisotopic (exact) mass is 234 g/mol. The molecule has 1 aromatic rings. The minimum Gasteiger partial charge on any atom is -0.508 e. The minimum atomic E-state index is 0.289. The smallest absolute Gasteiger partial charge is 0.123 e. The number of hydrogen-bond donors (Lipinski definition) is 1. The fourth-order valence-electron chi connectivity index (χ4n) is 2.59. The molecule has 0 aromatic heterocycles. The van der Waals surface area contributed by atoms with E-state index in [-0.39, 0.29) is 5.75 Å². The lowest BCUT2D eigenvalue weighted by Crippen LogP contribution is -2.28. The van der Waals surface area contributed by atoms with E-state index in [0.29, 0.717) is 6.10 Å². The standard InChI is InChI=1S/C15H22O2/c1-10-6-13(16)9-15(7-10)17-14-5-4-11(2)12(3)8-14/h6-7,9,11-12,14,16H,4-5,8H2,1-3H3. The van der Waals surface area contributed by atoms with Gasteiger partial charge in [0.05, 0.1) is 6.10 Å². The second-order valence-electron chi connectivity index (χ2n) is 5.51. The molecule has 0 amide bonds. The van der Waals surface area contributed by atoms with Gasteiger partial charge in [0.15, 0.2) is 0 Å². The van der Waals surface area contributed by atoms with Crippen LogP contribution in [0, 0.1) is 18.8 Å². The van der Waals surface area contributed by atoms with Crippen LogP contribution in [0.3, 0.4) is 0 Å². The molecule has 0 aliphatic heterocycles. The maximum Gasteiger partial charge on any atom is 0.123 e. The molecular formula is C15H22O2. The van der Waals surface area contributed by atoms with E-state index in [2.05, 4.69) is 13.8 Å². The predicted molar refractivity (Wildman–Crippen MR) is 69.4 cm³/mol. The number of rotatable bonds is 2. The lowest BCUT2D eigenvalue weighted by Gasteiger charge is -2.32. The number of benzene rings is 1. The van der Waals surface area contributed by atoms with Crippen LogP contribution in [-0.4, -0.2) is 11.2 Å². The molecule has 0 bridgehead atoms. The average Bonchev–Trinajstić information content (AvgIpc) is 2.22. The highest BCUT2D eigenvalue weighted by molar-refractivity contribution is 5.36. The Morgan fingerprint density at radius 3 is 2.53 bits per heavy atom. The molecule has 0 saturated heterocycles. The van der Waals surface area contributed by atoms with Crippen molar-refractivity contribution in [2.24, 2.45) is 11.8 Å². The highest BCUT2D eigenvalue weighted by Gasteiger charge is 2.25. The Kier molecular flexibility index (Phi) is 3.60. The Balaban J connectivity index is 2.01. The summed E-state index contributed by atoms with van der Waals surface area (Å²) in [4.78, 5) is 0. The molecule has 1 aromatic carbocycles. The molecular weight excluding hydrogens is 212 g/mol. The van der Waals surface area contributed by atoms with Crippen molar-refractivity contribution in [1.82, 2.24) is 0 Å². The zero-order chi connectivity index (χ0) is 12.4. The van der Waals surface area contributed by atoms with Gasteiger partial charge in [-0.1, -0.05) is 13.8 Å². The summed E-state index contributed by atoms with van der Waals surface area (Å²) in [6, 6.07) is 5.44. The molecule has 0 radical (unpaired) electrons. The van der Waals surface area contributed by atoms with Gasteiger partial charge >= 0.3 is 0 Å². The van der Waals surface area contributed by atoms with Crippen LogP contribution in [0.2, 0.25) is 0 Å². The Labute approximate surface area is 104 Å². The van der Waals surface area contributed by atoms with Crippen LogP contribution in [0.5, 0.6) is 11.5 Å². The number of phenolic OH excluding ortho intramolecular Hbond substituents is 1. The van der Waals surface area contributed by atoms with Crippen LogP contribution in [-0.2, 0) is 0 Å². The zero-order valence-electron chi connectivity index (χ0n) is 10.9. The Morgan fingerprint density at radius 2 is 1.88 bits per heavy atom. The van der Waals surface area contributed by atoms with Gasteiger partial charge in [-0.05, 0) is 55.7 Å². The van der Waals surface area contributed by atoms with Crippen LogP contribution in [0.1, 0.15) is 38.7 Å². The minimum absolute atomic E-state index is 0.289. The summed E-state index contributed by atoms with van der Waals surface area (Å²) in [5.74, 6) is 2.62. The van der Waals surface area contributed by atoms with Crippen LogP contribution < -0.4 is 4.74 Å². The largest absolute Gasteiger partial charge is 0.508 e. The van der Waals surface area contributed by atoms with Crippen LogP contribution in [0.25, 0.3) is 0 Å². The van der Waals surface area contributed by atoms with Gasteiger partial charge in [0.2, 0.25) is 0 Å². The van der Waals surface area contributed by atoms with Gasteiger partial charge in [-0.15, -0.1) is 0 Å². The summed E-state index contributed by atoms with van der Waals surface area (Å²) in [5, 5.41) is 9.54. The summed E-state index contributed by atoms with van der Waals surface area (Å²) in [7, 11) is 0. The predicted octanol–water partition coefficient (Wildman–Crippen LogP) is 3.90. The topological polar surface area (TPSA) is 29.5 Å². The van der Waals surface area contributed by atoms with Crippen LogP contribution in [0.4, 0.5) is 0 Å². The SMILES string of the molecule is Cc1cc(O)cc(OC2CCC(C)C(C)C2)c1. The third kappa shape index (κ3) is 3.15. The molecule has 0 heterocycles. The first-order chi connectivity index (χ1) is 8.04. The van der Waals surface area contributed by atoms with E-state index in [4.69, 9.17) is 4.74 Å². The van der Waals surface area contributed by atoms with Gasteiger partial charge in [0.1, 0.15) is 11.5 Å². The van der Waals surface area contributed by atoms with Crippen LogP contribution in [0.15, 0.2) is 18.2 Å². The van der Waals surface area contributed by atoms with Crippen molar-refractivity contribution in [3.8, 4) is 11.5 Å². The highest BCUT2D eigenvalue weighted by atomic mass is 16.5. The number of ether oxygens (including phenoxy) is 1. The first kappa shape index (κ1) is 12.3. The van der Waals surface area contributed by atoms with E-state index in [1.165, 1.54) is 6.42 Å². The number of phenols is 1. The van der Waals surface area contributed by atoms with E-state index >= 15 is 0 Å². The van der Waals surface area contributed by atoms with Crippen molar-refractivity contribution in [1.29, 1.82) is 0 Å². The molecule has 1 aliphatic rings. The summed E-state index contributed by atoms with van der Waals surface area (Å²) in [6.45, 7) is 6.59. The lowest BCUT2D eigenvalue weighted by molar-refractivity contribution is 0.100. The van der Waals surface area contributed by atoms with Crippen molar-refractivity contribution in [2.45, 2.75) is 46.1 Å². The molecule has 2 heteroatoms. The lowest BCUT2D eigenvalue weighted by atomic mass is 9.80. The first-order valence-electron chi connectivity index (χ1n) is 6.52. The van der Waals surface area contributed by atoms with Crippen molar-refractivity contribution in [3.05, 3.63) is 23.8 Å². The van der Waals surface area contributed by atoms with Crippen molar-refractivity contribution in [2.75, 3.05) is 0 Å². The Morgan fingerprint density at radius 1 is 1.12 bits per heavy atom. The molecule has 1 saturated carbocycles. The molecule has 1 aliphatic carbocycles. The summed E-state index contributed by atoms with van der Waals surface area (Å²) >= 11 is 0. The maximum absolute atomic E-state index is 9.54. The molecule has 3 unspecified atom stereocenters. The highest BCUT2D eigenvalue weighted by Crippen LogP contribution is 2.32. The van der Waals surface area contributed by atoms with Crippen LogP contribution >= 0.6 is 0 Å². The van der Waals surface area contributed by atoms with E-state index in [9.17, 15) is 5.11 Å². The van der Waals surface area contributed by atoms with Gasteiger partial charge in [-0.3, -0.25) is 0 Å². The summed E-state index contributed by atoms with van der Waals surface area (Å²) in [5.41, 5.74) is 1.04. The van der Waals surface area contributed by atoms with Gasteiger partial charge in [0.25, 0.3) is 0 Å². The molecule has 0 spiro atoms. The molecule has 2 rings (SSSR count). The van der Waals surface area contributed by atoms with Gasteiger partial charge in [-0.2, -0.15) is 0 Å². The summed E-state index contributed by atoms with van der Waals surface area (Å²) < 4.78 is 5.98. The molecule has 17 heavy (non-hydrogen) atoms. The van der Waals surface area contributed by atoms with Crippen molar-refractivity contribution < 1.29 is 9.84 Å².